The number of rotatable bonds is 4. The third-order valence-electron chi connectivity index (χ3n) is 4.51. The van der Waals surface area contributed by atoms with Crippen molar-refractivity contribution in [2.24, 2.45) is 7.05 Å². The molecule has 3 rings (SSSR count). The van der Waals surface area contributed by atoms with Gasteiger partial charge < -0.3 is 4.74 Å². The number of methoxy groups -OCH3 is 1. The van der Waals surface area contributed by atoms with Gasteiger partial charge in [0.2, 0.25) is 0 Å². The molecule has 134 valence electrons. The van der Waals surface area contributed by atoms with E-state index < -0.39 is 0 Å². The van der Waals surface area contributed by atoms with Crippen molar-refractivity contribution in [2.75, 3.05) is 7.11 Å². The van der Waals surface area contributed by atoms with Crippen LogP contribution in [0.4, 0.5) is 0 Å². The van der Waals surface area contributed by atoms with Gasteiger partial charge >= 0.3 is 0 Å². The van der Waals surface area contributed by atoms with Crippen LogP contribution < -0.4 is 10.3 Å². The topological polar surface area (TPSA) is 44.1 Å². The summed E-state index contributed by atoms with van der Waals surface area (Å²) in [6, 6.07) is 13.8. The molecule has 0 spiro atoms. The van der Waals surface area contributed by atoms with Crippen molar-refractivity contribution in [3.8, 4) is 28.0 Å². The maximum Gasteiger partial charge on any atom is 0.278 e. The summed E-state index contributed by atoms with van der Waals surface area (Å²) in [6.45, 7) is 3.92. The van der Waals surface area contributed by atoms with E-state index in [4.69, 9.17) is 16.3 Å². The molecule has 1 heterocycles. The highest BCUT2D eigenvalue weighted by Crippen LogP contribution is 2.34. The number of aryl methyl sites for hydroxylation is 3. The van der Waals surface area contributed by atoms with Crippen LogP contribution in [0.5, 0.6) is 5.75 Å². The zero-order valence-corrected chi connectivity index (χ0v) is 16.1. The van der Waals surface area contributed by atoms with Crippen LogP contribution in [0.15, 0.2) is 47.3 Å². The van der Waals surface area contributed by atoms with Crippen molar-refractivity contribution in [1.29, 1.82) is 0 Å². The average molecular weight is 369 g/mol. The maximum atomic E-state index is 12.9. The third-order valence-corrected chi connectivity index (χ3v) is 4.76. The standard InChI is InChI=1S/C21H21ClN2O2/c1-5-14-6-7-16(15-8-10-17(22)11-9-15)12-18(14)19-20(26-4)13(2)23-24(3)21(19)25/h6-12H,5H2,1-4H3. The van der Waals surface area contributed by atoms with E-state index >= 15 is 0 Å². The molecule has 0 fully saturated rings. The molecule has 0 radical (unpaired) electrons. The molecule has 5 heteroatoms. The predicted molar refractivity (Wildman–Crippen MR) is 106 cm³/mol. The molecule has 0 aliphatic rings. The largest absolute Gasteiger partial charge is 0.494 e. The molecular weight excluding hydrogens is 348 g/mol. The van der Waals surface area contributed by atoms with Crippen LogP contribution in [0.2, 0.25) is 5.02 Å². The van der Waals surface area contributed by atoms with E-state index in [1.807, 2.05) is 37.3 Å². The number of nitrogens with zero attached hydrogens (tertiary/aromatic N) is 2. The molecule has 4 nitrogen and oxygen atoms in total. The number of hydrogen-bond acceptors (Lipinski definition) is 3. The minimum atomic E-state index is -0.171. The molecule has 26 heavy (non-hydrogen) atoms. The lowest BCUT2D eigenvalue weighted by Crippen LogP contribution is -2.23. The Kier molecular flexibility index (Phi) is 5.14. The van der Waals surface area contributed by atoms with Crippen molar-refractivity contribution in [1.82, 2.24) is 9.78 Å². The minimum absolute atomic E-state index is 0.171. The average Bonchev–Trinajstić information content (AvgIpc) is 2.64. The SMILES string of the molecule is CCc1ccc(-c2ccc(Cl)cc2)cc1-c1c(OC)c(C)nn(C)c1=O. The fraction of sp³-hybridized carbons (Fsp3) is 0.238. The fourth-order valence-corrected chi connectivity index (χ4v) is 3.31. The molecule has 2 aromatic carbocycles. The lowest BCUT2D eigenvalue weighted by atomic mass is 9.93. The van der Waals surface area contributed by atoms with Crippen LogP contribution in [0.1, 0.15) is 18.2 Å². The number of ether oxygens (including phenoxy) is 1. The smallest absolute Gasteiger partial charge is 0.278 e. The monoisotopic (exact) mass is 368 g/mol. The summed E-state index contributed by atoms with van der Waals surface area (Å²) in [4.78, 5) is 12.9. The summed E-state index contributed by atoms with van der Waals surface area (Å²) < 4.78 is 6.90. The van der Waals surface area contributed by atoms with Crippen LogP contribution in [-0.2, 0) is 13.5 Å². The maximum absolute atomic E-state index is 12.9. The zero-order valence-electron chi connectivity index (χ0n) is 15.3. The summed E-state index contributed by atoms with van der Waals surface area (Å²) in [5.41, 5.74) is 5.09. The van der Waals surface area contributed by atoms with Crippen molar-refractivity contribution >= 4 is 11.6 Å². The Bertz CT molecular complexity index is 1010. The van der Waals surface area contributed by atoms with Gasteiger partial charge in [-0.15, -0.1) is 0 Å². The molecule has 0 saturated carbocycles. The van der Waals surface area contributed by atoms with Crippen molar-refractivity contribution < 1.29 is 4.74 Å². The Balaban J connectivity index is 2.30. The minimum Gasteiger partial charge on any atom is -0.494 e. The first-order chi connectivity index (χ1) is 12.5. The van der Waals surface area contributed by atoms with Gasteiger partial charge in [0, 0.05) is 12.1 Å². The van der Waals surface area contributed by atoms with Gasteiger partial charge in [-0.1, -0.05) is 42.8 Å². The molecular formula is C21H21ClN2O2. The van der Waals surface area contributed by atoms with Gasteiger partial charge in [0.05, 0.1) is 12.7 Å². The van der Waals surface area contributed by atoms with Crippen molar-refractivity contribution in [3.63, 3.8) is 0 Å². The Labute approximate surface area is 158 Å². The Morgan fingerprint density at radius 2 is 1.77 bits per heavy atom. The number of aromatic nitrogens is 2. The van der Waals surface area contributed by atoms with Crippen LogP contribution in [0.25, 0.3) is 22.3 Å². The molecule has 0 N–H and O–H groups in total. The first-order valence-corrected chi connectivity index (χ1v) is 8.85. The second-order valence-electron chi connectivity index (χ2n) is 6.15. The van der Waals surface area contributed by atoms with E-state index in [-0.39, 0.29) is 5.56 Å². The molecule has 1 aromatic heterocycles. The molecule has 0 amide bonds. The number of benzene rings is 2. The normalized spacial score (nSPS) is 10.8. The second kappa shape index (κ2) is 7.34. The summed E-state index contributed by atoms with van der Waals surface area (Å²) in [6.07, 6.45) is 0.809. The van der Waals surface area contributed by atoms with Gasteiger partial charge in [0.1, 0.15) is 5.69 Å². The molecule has 0 atom stereocenters. The van der Waals surface area contributed by atoms with Crippen LogP contribution in [0, 0.1) is 6.92 Å². The van der Waals surface area contributed by atoms with Crippen LogP contribution in [-0.4, -0.2) is 16.9 Å². The van der Waals surface area contributed by atoms with Gasteiger partial charge in [-0.2, -0.15) is 5.10 Å². The lowest BCUT2D eigenvalue weighted by molar-refractivity contribution is 0.405. The lowest BCUT2D eigenvalue weighted by Gasteiger charge is -2.16. The summed E-state index contributed by atoms with van der Waals surface area (Å²) >= 11 is 6.00. The van der Waals surface area contributed by atoms with E-state index in [2.05, 4.69) is 24.2 Å². The highest BCUT2D eigenvalue weighted by Gasteiger charge is 2.19. The van der Waals surface area contributed by atoms with Crippen LogP contribution >= 0.6 is 11.6 Å². The first kappa shape index (κ1) is 18.2. The van der Waals surface area contributed by atoms with E-state index in [0.717, 1.165) is 28.7 Å². The van der Waals surface area contributed by atoms with Gasteiger partial charge in [-0.25, -0.2) is 4.68 Å². The second-order valence-corrected chi connectivity index (χ2v) is 6.59. The highest BCUT2D eigenvalue weighted by atomic mass is 35.5. The highest BCUT2D eigenvalue weighted by molar-refractivity contribution is 6.30. The quantitative estimate of drug-likeness (QED) is 0.673. The van der Waals surface area contributed by atoms with Crippen LogP contribution in [0.3, 0.4) is 0 Å². The Hall–Kier alpha value is -2.59. The van der Waals surface area contributed by atoms with Gasteiger partial charge in [0.15, 0.2) is 5.75 Å². The summed E-state index contributed by atoms with van der Waals surface area (Å²) in [5, 5.41) is 4.93. The molecule has 0 unspecified atom stereocenters. The number of halogens is 1. The fourth-order valence-electron chi connectivity index (χ4n) is 3.18. The third kappa shape index (κ3) is 3.25. The molecule has 3 aromatic rings. The van der Waals surface area contributed by atoms with Crippen molar-refractivity contribution in [3.05, 3.63) is 69.1 Å². The van der Waals surface area contributed by atoms with Crippen molar-refractivity contribution in [2.45, 2.75) is 20.3 Å². The van der Waals surface area contributed by atoms with E-state index in [1.54, 1.807) is 14.2 Å². The van der Waals surface area contributed by atoms with E-state index in [9.17, 15) is 4.79 Å². The van der Waals surface area contributed by atoms with Gasteiger partial charge in [-0.05, 0) is 53.8 Å². The Morgan fingerprint density at radius 1 is 1.12 bits per heavy atom. The van der Waals surface area contributed by atoms with Gasteiger partial charge in [-0.3, -0.25) is 4.79 Å². The predicted octanol–water partition coefficient (Wildman–Crippen LogP) is 4.65. The summed E-state index contributed by atoms with van der Waals surface area (Å²) in [5.74, 6) is 0.524. The Morgan fingerprint density at radius 3 is 2.38 bits per heavy atom. The summed E-state index contributed by atoms with van der Waals surface area (Å²) in [7, 11) is 3.23. The molecule has 0 saturated heterocycles. The van der Waals surface area contributed by atoms with E-state index in [1.165, 1.54) is 4.68 Å². The number of hydrogen-bond donors (Lipinski definition) is 0. The molecule has 0 bridgehead atoms. The van der Waals surface area contributed by atoms with Gasteiger partial charge in [0.25, 0.3) is 5.56 Å². The molecule has 0 aliphatic carbocycles. The molecule has 0 aliphatic heterocycles. The van der Waals surface area contributed by atoms with E-state index in [0.29, 0.717) is 22.0 Å². The first-order valence-electron chi connectivity index (χ1n) is 8.47. The zero-order chi connectivity index (χ0) is 18.8.